The predicted molar refractivity (Wildman–Crippen MR) is 60.5 cm³/mol. The van der Waals surface area contributed by atoms with Gasteiger partial charge in [-0.05, 0) is 59.5 Å². The Hall–Kier alpha value is -0.830. The average Bonchev–Trinajstić information content (AvgIpc) is 2.10. The third-order valence-electron chi connectivity index (χ3n) is 2.47. The van der Waals surface area contributed by atoms with Crippen molar-refractivity contribution < 1.29 is 9.53 Å². The molecule has 76 valence electrons. The molecule has 2 nitrogen and oxygen atoms in total. The summed E-state index contributed by atoms with van der Waals surface area (Å²) in [6, 6.07) is 1.89. The molecule has 0 aliphatic rings. The normalized spacial score (nSPS) is 10.1. The van der Waals surface area contributed by atoms with E-state index in [2.05, 4.69) is 15.9 Å². The van der Waals surface area contributed by atoms with Crippen LogP contribution >= 0.6 is 15.9 Å². The number of carbonyl (C=O) groups is 1. The Bertz CT molecular complexity index is 383. The molecule has 0 N–H and O–H groups in total. The van der Waals surface area contributed by atoms with E-state index in [1.807, 2.05) is 26.8 Å². The number of rotatable bonds is 2. The highest BCUT2D eigenvalue weighted by molar-refractivity contribution is 9.18. The topological polar surface area (TPSA) is 26.3 Å². The minimum atomic E-state index is -0.0711. The zero-order valence-electron chi connectivity index (χ0n) is 8.77. The van der Waals surface area contributed by atoms with Gasteiger partial charge in [0.05, 0.1) is 7.11 Å². The van der Waals surface area contributed by atoms with Crippen molar-refractivity contribution in [3.05, 3.63) is 28.3 Å². The van der Waals surface area contributed by atoms with E-state index < -0.39 is 0 Å². The molecule has 0 aliphatic heterocycles. The highest BCUT2D eigenvalue weighted by Crippen LogP contribution is 2.28. The van der Waals surface area contributed by atoms with Gasteiger partial charge >= 0.3 is 0 Å². The molecule has 0 aliphatic carbocycles. The molecular weight excluding hydrogens is 244 g/mol. The van der Waals surface area contributed by atoms with Gasteiger partial charge in [-0.2, -0.15) is 0 Å². The molecule has 0 saturated carbocycles. The van der Waals surface area contributed by atoms with Crippen molar-refractivity contribution >= 4 is 20.6 Å². The van der Waals surface area contributed by atoms with Crippen LogP contribution in [0.1, 0.15) is 27.0 Å². The van der Waals surface area contributed by atoms with Gasteiger partial charge in [-0.15, -0.1) is 0 Å². The number of hydrogen-bond acceptors (Lipinski definition) is 2. The molecule has 14 heavy (non-hydrogen) atoms. The van der Waals surface area contributed by atoms with Crippen LogP contribution in [0.15, 0.2) is 6.07 Å². The smallest absolute Gasteiger partial charge is 0.228 e. The van der Waals surface area contributed by atoms with E-state index in [0.29, 0.717) is 0 Å². The molecule has 0 fully saturated rings. The summed E-state index contributed by atoms with van der Waals surface area (Å²) in [4.78, 5) is 11.3. The van der Waals surface area contributed by atoms with Gasteiger partial charge in [0.25, 0.3) is 0 Å². The highest BCUT2D eigenvalue weighted by atomic mass is 79.9. The fraction of sp³-hybridized carbons (Fsp3) is 0.364. The maximum atomic E-state index is 11.3. The van der Waals surface area contributed by atoms with Crippen LogP contribution in [0.4, 0.5) is 0 Å². The molecule has 0 saturated heterocycles. The second-order valence-electron chi connectivity index (χ2n) is 3.29. The summed E-state index contributed by atoms with van der Waals surface area (Å²) < 4.78 is 5.14. The standard InChI is InChI=1S/C11H13BrO2/c1-6-5-9(14-4)7(2)8(3)10(6)11(12)13/h5H,1-4H3. The fourth-order valence-electron chi connectivity index (χ4n) is 1.56. The number of aryl methyl sites for hydroxylation is 1. The molecule has 0 bridgehead atoms. The Morgan fingerprint density at radius 3 is 2.29 bits per heavy atom. The number of benzene rings is 1. The maximum Gasteiger partial charge on any atom is 0.228 e. The van der Waals surface area contributed by atoms with E-state index in [1.165, 1.54) is 0 Å². The predicted octanol–water partition coefficient (Wildman–Crippen LogP) is 3.16. The Labute approximate surface area is 92.4 Å². The molecule has 0 spiro atoms. The van der Waals surface area contributed by atoms with Crippen LogP contribution in [-0.4, -0.2) is 11.8 Å². The van der Waals surface area contributed by atoms with Crippen molar-refractivity contribution in [3.8, 4) is 5.75 Å². The summed E-state index contributed by atoms with van der Waals surface area (Å²) in [5, 5.41) is 0. The van der Waals surface area contributed by atoms with Crippen molar-refractivity contribution in [2.45, 2.75) is 20.8 Å². The first-order valence-corrected chi connectivity index (χ1v) is 5.13. The first-order valence-electron chi connectivity index (χ1n) is 4.33. The third kappa shape index (κ3) is 1.82. The van der Waals surface area contributed by atoms with Crippen LogP contribution < -0.4 is 4.74 Å². The van der Waals surface area contributed by atoms with Gasteiger partial charge < -0.3 is 4.74 Å². The molecule has 0 amide bonds. The molecular formula is C11H13BrO2. The zero-order valence-corrected chi connectivity index (χ0v) is 10.4. The lowest BCUT2D eigenvalue weighted by molar-refractivity contribution is 0.109. The summed E-state index contributed by atoms with van der Waals surface area (Å²) >= 11 is 2.99. The van der Waals surface area contributed by atoms with Crippen molar-refractivity contribution in [1.29, 1.82) is 0 Å². The summed E-state index contributed by atoms with van der Waals surface area (Å²) in [6.07, 6.45) is 0. The van der Waals surface area contributed by atoms with E-state index in [4.69, 9.17) is 4.74 Å². The monoisotopic (exact) mass is 256 g/mol. The molecule has 3 heteroatoms. The Morgan fingerprint density at radius 1 is 1.29 bits per heavy atom. The fourth-order valence-corrected chi connectivity index (χ4v) is 2.17. The molecule has 0 heterocycles. The highest BCUT2D eigenvalue weighted by Gasteiger charge is 2.14. The average molecular weight is 257 g/mol. The van der Waals surface area contributed by atoms with E-state index in [1.54, 1.807) is 7.11 Å². The van der Waals surface area contributed by atoms with Gasteiger partial charge in [-0.1, -0.05) is 0 Å². The quantitative estimate of drug-likeness (QED) is 0.761. The second kappa shape index (κ2) is 4.13. The third-order valence-corrected chi connectivity index (χ3v) is 2.86. The number of methoxy groups -OCH3 is 1. The molecule has 0 aromatic heterocycles. The van der Waals surface area contributed by atoms with Crippen molar-refractivity contribution in [3.63, 3.8) is 0 Å². The van der Waals surface area contributed by atoms with Crippen molar-refractivity contribution in [2.75, 3.05) is 7.11 Å². The van der Waals surface area contributed by atoms with E-state index in [0.717, 1.165) is 28.0 Å². The van der Waals surface area contributed by atoms with Crippen molar-refractivity contribution in [1.82, 2.24) is 0 Å². The van der Waals surface area contributed by atoms with Crippen LogP contribution in [0, 0.1) is 20.8 Å². The molecule has 0 radical (unpaired) electrons. The molecule has 0 atom stereocenters. The Balaban J connectivity index is 3.49. The number of hydrogen-bond donors (Lipinski definition) is 0. The van der Waals surface area contributed by atoms with E-state index >= 15 is 0 Å². The minimum absolute atomic E-state index is 0.0711. The van der Waals surface area contributed by atoms with Gasteiger partial charge in [0, 0.05) is 5.56 Å². The Kier molecular flexibility index (Phi) is 3.32. The van der Waals surface area contributed by atoms with Crippen LogP contribution in [0.2, 0.25) is 0 Å². The lowest BCUT2D eigenvalue weighted by Gasteiger charge is -2.13. The van der Waals surface area contributed by atoms with E-state index in [9.17, 15) is 4.79 Å². The summed E-state index contributed by atoms with van der Waals surface area (Å²) in [5.41, 5.74) is 3.67. The largest absolute Gasteiger partial charge is 0.496 e. The second-order valence-corrected chi connectivity index (χ2v) is 4.01. The summed E-state index contributed by atoms with van der Waals surface area (Å²) in [7, 11) is 1.64. The summed E-state index contributed by atoms with van der Waals surface area (Å²) in [5.74, 6) is 0.831. The van der Waals surface area contributed by atoms with Crippen LogP contribution in [-0.2, 0) is 0 Å². The van der Waals surface area contributed by atoms with Crippen LogP contribution in [0.25, 0.3) is 0 Å². The number of ether oxygens (including phenoxy) is 1. The SMILES string of the molecule is COc1cc(C)c(C(=O)Br)c(C)c1C. The maximum absolute atomic E-state index is 11.3. The minimum Gasteiger partial charge on any atom is -0.496 e. The van der Waals surface area contributed by atoms with E-state index in [-0.39, 0.29) is 4.69 Å². The summed E-state index contributed by atoms with van der Waals surface area (Å²) in [6.45, 7) is 5.79. The Morgan fingerprint density at radius 2 is 1.86 bits per heavy atom. The number of carbonyl (C=O) groups excluding carboxylic acids is 1. The molecule has 1 rings (SSSR count). The molecule has 1 aromatic carbocycles. The zero-order chi connectivity index (χ0) is 10.9. The van der Waals surface area contributed by atoms with Gasteiger partial charge in [0.15, 0.2) is 0 Å². The van der Waals surface area contributed by atoms with Crippen molar-refractivity contribution in [2.24, 2.45) is 0 Å². The van der Waals surface area contributed by atoms with Crippen LogP contribution in [0.3, 0.4) is 0 Å². The van der Waals surface area contributed by atoms with Crippen LogP contribution in [0.5, 0.6) is 5.75 Å². The molecule has 0 unspecified atom stereocenters. The van der Waals surface area contributed by atoms with Gasteiger partial charge in [-0.3, -0.25) is 4.79 Å². The first-order chi connectivity index (χ1) is 6.49. The lowest BCUT2D eigenvalue weighted by atomic mass is 9.98. The lowest BCUT2D eigenvalue weighted by Crippen LogP contribution is -2.01. The van der Waals surface area contributed by atoms with Gasteiger partial charge in [0.2, 0.25) is 4.69 Å². The molecule has 1 aromatic rings. The van der Waals surface area contributed by atoms with Gasteiger partial charge in [0.1, 0.15) is 5.75 Å². The first kappa shape index (κ1) is 11.2. The number of halogens is 1. The van der Waals surface area contributed by atoms with Gasteiger partial charge in [-0.25, -0.2) is 0 Å².